The van der Waals surface area contributed by atoms with E-state index < -0.39 is 0 Å². The van der Waals surface area contributed by atoms with Gasteiger partial charge in [0.2, 0.25) is 0 Å². The van der Waals surface area contributed by atoms with Gasteiger partial charge in [-0.3, -0.25) is 9.78 Å². The number of aliphatic hydroxyl groups is 1. The highest BCUT2D eigenvalue weighted by Crippen LogP contribution is 2.26. The van der Waals surface area contributed by atoms with E-state index in [1.807, 2.05) is 35.2 Å². The summed E-state index contributed by atoms with van der Waals surface area (Å²) in [6.07, 6.45) is 2.95. The molecule has 1 aromatic heterocycles. The number of nitrogens with zero attached hydrogens (tertiary/aromatic N) is 4. The van der Waals surface area contributed by atoms with Crippen molar-refractivity contribution in [1.82, 2.24) is 19.7 Å². The van der Waals surface area contributed by atoms with Crippen molar-refractivity contribution in [3.8, 4) is 0 Å². The number of carbonyl (C=O) groups is 1. The smallest absolute Gasteiger partial charge is 0.253 e. The molecule has 0 aliphatic carbocycles. The minimum absolute atomic E-state index is 0.0577. The number of fused-ring (bicyclic) bond motifs is 1. The van der Waals surface area contributed by atoms with Crippen LogP contribution in [0.5, 0.6) is 0 Å². The van der Waals surface area contributed by atoms with E-state index in [-0.39, 0.29) is 18.4 Å². The van der Waals surface area contributed by atoms with Crippen molar-refractivity contribution >= 4 is 16.8 Å². The maximum absolute atomic E-state index is 13.1. The number of aliphatic hydroxyl groups excluding tert-OH is 1. The molecule has 150 valence electrons. The molecular weight excluding hydrogens is 352 g/mol. The Morgan fingerprint density at radius 2 is 2.00 bits per heavy atom. The molecule has 1 N–H and O–H groups in total. The van der Waals surface area contributed by atoms with E-state index in [9.17, 15) is 9.90 Å². The summed E-state index contributed by atoms with van der Waals surface area (Å²) >= 11 is 0. The van der Waals surface area contributed by atoms with E-state index in [2.05, 4.69) is 21.8 Å². The topological polar surface area (TPSA) is 59.9 Å². The minimum Gasteiger partial charge on any atom is -0.396 e. The summed E-state index contributed by atoms with van der Waals surface area (Å²) in [7, 11) is 2.18. The lowest BCUT2D eigenvalue weighted by Gasteiger charge is -2.26. The second kappa shape index (κ2) is 8.55. The van der Waals surface area contributed by atoms with Gasteiger partial charge >= 0.3 is 0 Å². The van der Waals surface area contributed by atoms with Crippen LogP contribution in [0.1, 0.15) is 16.8 Å². The number of hydrogen-bond acceptors (Lipinski definition) is 5. The third-order valence-corrected chi connectivity index (χ3v) is 6.25. The Morgan fingerprint density at radius 1 is 1.14 bits per heavy atom. The lowest BCUT2D eigenvalue weighted by Crippen LogP contribution is -2.36. The first-order valence-corrected chi connectivity index (χ1v) is 10.3. The molecule has 6 heteroatoms. The number of benzene rings is 1. The normalized spacial score (nSPS) is 24.6. The van der Waals surface area contributed by atoms with Crippen LogP contribution in [0.3, 0.4) is 0 Å². The third kappa shape index (κ3) is 4.19. The summed E-state index contributed by atoms with van der Waals surface area (Å²) in [4.78, 5) is 24.2. The fourth-order valence-electron chi connectivity index (χ4n) is 4.52. The molecule has 3 heterocycles. The Labute approximate surface area is 166 Å². The molecule has 0 bridgehead atoms. The van der Waals surface area contributed by atoms with Gasteiger partial charge in [0.1, 0.15) is 0 Å². The van der Waals surface area contributed by atoms with Crippen LogP contribution in [-0.4, -0.2) is 90.2 Å². The van der Waals surface area contributed by atoms with Crippen LogP contribution in [-0.2, 0) is 0 Å². The highest BCUT2D eigenvalue weighted by Gasteiger charge is 2.36. The van der Waals surface area contributed by atoms with Crippen molar-refractivity contribution in [3.05, 3.63) is 42.1 Å². The Morgan fingerprint density at radius 3 is 2.86 bits per heavy atom. The van der Waals surface area contributed by atoms with Gasteiger partial charge in [0.25, 0.3) is 5.91 Å². The first-order chi connectivity index (χ1) is 13.6. The Bertz CT molecular complexity index is 827. The van der Waals surface area contributed by atoms with Crippen molar-refractivity contribution in [2.75, 3.05) is 59.5 Å². The molecule has 2 aliphatic rings. The highest BCUT2D eigenvalue weighted by molar-refractivity contribution is 5.98. The molecule has 2 fully saturated rings. The second-order valence-corrected chi connectivity index (χ2v) is 8.28. The van der Waals surface area contributed by atoms with Crippen molar-refractivity contribution < 1.29 is 9.90 Å². The number of pyridine rings is 1. The van der Waals surface area contributed by atoms with Crippen molar-refractivity contribution in [3.63, 3.8) is 0 Å². The number of hydrogen-bond donors (Lipinski definition) is 1. The number of aromatic nitrogens is 1. The molecular formula is C22H30N4O2. The first-order valence-electron chi connectivity index (χ1n) is 10.3. The summed E-state index contributed by atoms with van der Waals surface area (Å²) in [5, 5.41) is 10.9. The average molecular weight is 383 g/mol. The molecule has 0 spiro atoms. The average Bonchev–Trinajstić information content (AvgIpc) is 3.02. The zero-order valence-electron chi connectivity index (χ0n) is 16.6. The van der Waals surface area contributed by atoms with Gasteiger partial charge < -0.3 is 19.8 Å². The lowest BCUT2D eigenvalue weighted by molar-refractivity contribution is 0.0779. The predicted molar refractivity (Wildman–Crippen MR) is 110 cm³/mol. The van der Waals surface area contributed by atoms with Gasteiger partial charge in [-0.05, 0) is 56.7 Å². The van der Waals surface area contributed by atoms with Crippen LogP contribution in [0.25, 0.3) is 10.9 Å². The number of amides is 1. The largest absolute Gasteiger partial charge is 0.396 e. The molecule has 0 unspecified atom stereocenters. The molecule has 4 rings (SSSR count). The summed E-state index contributed by atoms with van der Waals surface area (Å²) in [5.74, 6) is 0.550. The zero-order chi connectivity index (χ0) is 19.5. The van der Waals surface area contributed by atoms with Gasteiger partial charge in [-0.25, -0.2) is 0 Å². The Hall–Kier alpha value is -2.02. The monoisotopic (exact) mass is 382 g/mol. The molecule has 0 radical (unpaired) electrons. The van der Waals surface area contributed by atoms with Crippen LogP contribution in [0.4, 0.5) is 0 Å². The SMILES string of the molecule is CN1CCCN(C[C@@H]2CN(C(=O)c3ccc4ncccc4c3)C[C@@H]2CO)CC1. The predicted octanol–water partition coefficient (Wildman–Crippen LogP) is 1.55. The molecule has 2 aromatic rings. The third-order valence-electron chi connectivity index (χ3n) is 6.25. The highest BCUT2D eigenvalue weighted by atomic mass is 16.3. The van der Waals surface area contributed by atoms with Crippen LogP contribution in [0.2, 0.25) is 0 Å². The van der Waals surface area contributed by atoms with Crippen LogP contribution in [0.15, 0.2) is 36.5 Å². The quantitative estimate of drug-likeness (QED) is 0.870. The zero-order valence-corrected chi connectivity index (χ0v) is 16.6. The maximum atomic E-state index is 13.1. The van der Waals surface area contributed by atoms with Crippen LogP contribution < -0.4 is 0 Å². The molecule has 2 atom stereocenters. The van der Waals surface area contributed by atoms with Crippen LogP contribution in [0, 0.1) is 11.8 Å². The Balaban J connectivity index is 1.44. The maximum Gasteiger partial charge on any atom is 0.253 e. The molecule has 1 amide bonds. The van der Waals surface area contributed by atoms with Gasteiger partial charge in [-0.15, -0.1) is 0 Å². The fourth-order valence-corrected chi connectivity index (χ4v) is 4.52. The van der Waals surface area contributed by atoms with Gasteiger partial charge in [0.05, 0.1) is 5.52 Å². The molecule has 0 saturated carbocycles. The van der Waals surface area contributed by atoms with E-state index >= 15 is 0 Å². The fraction of sp³-hybridized carbons (Fsp3) is 0.545. The molecule has 2 saturated heterocycles. The van der Waals surface area contributed by atoms with Gasteiger partial charge in [0.15, 0.2) is 0 Å². The minimum atomic E-state index is 0.0577. The van der Waals surface area contributed by atoms with E-state index in [4.69, 9.17) is 0 Å². The molecule has 2 aliphatic heterocycles. The Kier molecular flexibility index (Phi) is 5.90. The van der Waals surface area contributed by atoms with E-state index in [1.54, 1.807) is 6.20 Å². The van der Waals surface area contributed by atoms with Gasteiger partial charge in [-0.1, -0.05) is 6.07 Å². The summed E-state index contributed by atoms with van der Waals surface area (Å²) < 4.78 is 0. The van der Waals surface area contributed by atoms with Crippen molar-refractivity contribution in [1.29, 1.82) is 0 Å². The van der Waals surface area contributed by atoms with E-state index in [0.717, 1.165) is 50.2 Å². The molecule has 6 nitrogen and oxygen atoms in total. The number of likely N-dealkylation sites (tertiary alicyclic amines) is 1. The molecule has 28 heavy (non-hydrogen) atoms. The first kappa shape index (κ1) is 19.3. The standard InChI is InChI=1S/C22H30N4O2/c1-24-8-3-9-25(11-10-24)13-19-14-26(15-20(19)16-27)22(28)18-5-6-21-17(12-18)4-2-7-23-21/h2,4-7,12,19-20,27H,3,8-11,13-16H2,1H3/t19-,20-/m1/s1. The number of carbonyl (C=O) groups excluding carboxylic acids is 1. The van der Waals surface area contributed by atoms with Gasteiger partial charge in [-0.2, -0.15) is 0 Å². The van der Waals surface area contributed by atoms with Crippen molar-refractivity contribution in [2.45, 2.75) is 6.42 Å². The van der Waals surface area contributed by atoms with Crippen LogP contribution >= 0.6 is 0 Å². The van der Waals surface area contributed by atoms with E-state index in [1.165, 1.54) is 6.42 Å². The summed E-state index contributed by atoms with van der Waals surface area (Å²) in [6, 6.07) is 9.58. The molecule has 1 aromatic carbocycles. The van der Waals surface area contributed by atoms with Gasteiger partial charge in [0, 0.05) is 62.4 Å². The summed E-state index contributed by atoms with van der Waals surface area (Å²) in [6.45, 7) is 6.87. The number of rotatable bonds is 4. The summed E-state index contributed by atoms with van der Waals surface area (Å²) in [5.41, 5.74) is 1.60. The number of likely N-dealkylation sites (N-methyl/N-ethyl adjacent to an activating group) is 1. The van der Waals surface area contributed by atoms with E-state index in [0.29, 0.717) is 18.0 Å². The van der Waals surface area contributed by atoms with Crippen molar-refractivity contribution in [2.24, 2.45) is 11.8 Å². The second-order valence-electron chi connectivity index (χ2n) is 8.28. The lowest BCUT2D eigenvalue weighted by atomic mass is 9.96.